The quantitative estimate of drug-likeness (QED) is 0.798. The lowest BCUT2D eigenvalue weighted by Gasteiger charge is -2.18. The first-order chi connectivity index (χ1) is 7.42. The van der Waals surface area contributed by atoms with Crippen LogP contribution in [0.25, 0.3) is 0 Å². The second-order valence-corrected chi connectivity index (χ2v) is 4.96. The van der Waals surface area contributed by atoms with Crippen molar-refractivity contribution in [3.63, 3.8) is 0 Å². The maximum atomic E-state index is 11.2. The van der Waals surface area contributed by atoms with E-state index in [0.29, 0.717) is 12.1 Å². The third-order valence-corrected chi connectivity index (χ3v) is 2.03. The van der Waals surface area contributed by atoms with Gasteiger partial charge in [0.05, 0.1) is 19.2 Å². The van der Waals surface area contributed by atoms with E-state index < -0.39 is 0 Å². The van der Waals surface area contributed by atoms with E-state index in [1.807, 2.05) is 0 Å². The van der Waals surface area contributed by atoms with Gasteiger partial charge in [0.25, 0.3) is 0 Å². The minimum Gasteiger partial charge on any atom is -0.467 e. The molecule has 0 saturated carbocycles. The molecule has 1 aromatic rings. The molecule has 0 aromatic carbocycles. The largest absolute Gasteiger partial charge is 0.467 e. The molecule has 0 aliphatic heterocycles. The van der Waals surface area contributed by atoms with Crippen LogP contribution in [0.4, 0.5) is 0 Å². The van der Waals surface area contributed by atoms with Crippen molar-refractivity contribution in [2.75, 3.05) is 13.7 Å². The van der Waals surface area contributed by atoms with Gasteiger partial charge in [0.15, 0.2) is 0 Å². The molecule has 0 saturated heterocycles. The molecule has 0 spiro atoms. The van der Waals surface area contributed by atoms with Crippen LogP contribution in [0.5, 0.6) is 0 Å². The van der Waals surface area contributed by atoms with Crippen molar-refractivity contribution in [2.45, 2.75) is 27.3 Å². The predicted octanol–water partition coefficient (Wildman–Crippen LogP) is 2.20. The number of hydrogen-bond acceptors (Lipinski definition) is 4. The van der Waals surface area contributed by atoms with Gasteiger partial charge in [-0.05, 0) is 11.5 Å². The minimum absolute atomic E-state index is 0.234. The monoisotopic (exact) mass is 225 g/mol. The van der Waals surface area contributed by atoms with Crippen LogP contribution in [0.3, 0.4) is 0 Å². The Bertz CT molecular complexity index is 349. The Kier molecular flexibility index (Phi) is 4.12. The summed E-state index contributed by atoms with van der Waals surface area (Å²) in [6.45, 7) is 7.97. The van der Waals surface area contributed by atoms with Crippen LogP contribution in [0.2, 0.25) is 0 Å². The van der Waals surface area contributed by atoms with Crippen LogP contribution >= 0.6 is 0 Å². The molecule has 0 unspecified atom stereocenters. The van der Waals surface area contributed by atoms with E-state index in [2.05, 4.69) is 30.8 Å². The minimum atomic E-state index is -0.370. The topological polar surface area (TPSA) is 51.5 Å². The first-order valence-electron chi connectivity index (χ1n) is 5.29. The fourth-order valence-electron chi connectivity index (χ4n) is 1.26. The highest BCUT2D eigenvalue weighted by Crippen LogP contribution is 2.12. The second kappa shape index (κ2) is 5.16. The summed E-state index contributed by atoms with van der Waals surface area (Å²) in [5.41, 5.74) is 0.688. The van der Waals surface area contributed by atoms with Gasteiger partial charge < -0.3 is 14.5 Å². The molecule has 16 heavy (non-hydrogen) atoms. The fourth-order valence-corrected chi connectivity index (χ4v) is 1.26. The van der Waals surface area contributed by atoms with Crippen LogP contribution in [0.15, 0.2) is 16.7 Å². The fraction of sp³-hybridized carbons (Fsp3) is 0.583. The van der Waals surface area contributed by atoms with E-state index in [1.165, 1.54) is 13.4 Å². The van der Waals surface area contributed by atoms with Crippen molar-refractivity contribution in [3.05, 3.63) is 23.7 Å². The second-order valence-electron chi connectivity index (χ2n) is 4.96. The lowest BCUT2D eigenvalue weighted by molar-refractivity contribution is 0.0600. The standard InChI is InChI=1S/C12H19NO3/c1-12(2,3)8-13-6-10-5-9(7-16-10)11(14)15-4/h5,7,13H,6,8H2,1-4H3. The van der Waals surface area contributed by atoms with Crippen LogP contribution in [0, 0.1) is 5.41 Å². The number of hydrogen-bond donors (Lipinski definition) is 1. The molecular weight excluding hydrogens is 206 g/mol. The summed E-state index contributed by atoms with van der Waals surface area (Å²) in [6.07, 6.45) is 1.42. The van der Waals surface area contributed by atoms with Gasteiger partial charge in [0.1, 0.15) is 12.0 Å². The summed E-state index contributed by atoms with van der Waals surface area (Å²) in [5.74, 6) is 0.371. The molecule has 1 N–H and O–H groups in total. The van der Waals surface area contributed by atoms with Gasteiger partial charge >= 0.3 is 5.97 Å². The Morgan fingerprint density at radius 3 is 2.75 bits per heavy atom. The average Bonchev–Trinajstić information content (AvgIpc) is 2.63. The molecule has 1 heterocycles. The number of methoxy groups -OCH3 is 1. The maximum absolute atomic E-state index is 11.2. The highest BCUT2D eigenvalue weighted by molar-refractivity contribution is 5.88. The van der Waals surface area contributed by atoms with E-state index in [9.17, 15) is 4.79 Å². The Morgan fingerprint density at radius 2 is 2.19 bits per heavy atom. The predicted molar refractivity (Wildman–Crippen MR) is 61.2 cm³/mol. The molecule has 0 fully saturated rings. The Hall–Kier alpha value is -1.29. The van der Waals surface area contributed by atoms with Crippen molar-refractivity contribution in [1.82, 2.24) is 5.32 Å². The van der Waals surface area contributed by atoms with Gasteiger partial charge in [-0.3, -0.25) is 0 Å². The molecular formula is C12H19NO3. The van der Waals surface area contributed by atoms with Gasteiger partial charge in [-0.15, -0.1) is 0 Å². The molecule has 0 atom stereocenters. The lowest BCUT2D eigenvalue weighted by atomic mass is 9.97. The average molecular weight is 225 g/mol. The third kappa shape index (κ3) is 4.06. The zero-order valence-corrected chi connectivity index (χ0v) is 10.3. The third-order valence-electron chi connectivity index (χ3n) is 2.03. The zero-order chi connectivity index (χ0) is 12.2. The van der Waals surface area contributed by atoms with Gasteiger partial charge in [-0.2, -0.15) is 0 Å². The van der Waals surface area contributed by atoms with Crippen molar-refractivity contribution >= 4 is 5.97 Å². The summed E-state index contributed by atoms with van der Waals surface area (Å²) >= 11 is 0. The molecule has 0 radical (unpaired) electrons. The highest BCUT2D eigenvalue weighted by atomic mass is 16.5. The van der Waals surface area contributed by atoms with Crippen LogP contribution < -0.4 is 5.32 Å². The van der Waals surface area contributed by atoms with Gasteiger partial charge in [0, 0.05) is 6.54 Å². The molecule has 0 amide bonds. The first kappa shape index (κ1) is 12.8. The number of carbonyl (C=O) groups excluding carboxylic acids is 1. The normalized spacial score (nSPS) is 11.5. The van der Waals surface area contributed by atoms with Gasteiger partial charge in [-0.25, -0.2) is 4.79 Å². The molecule has 0 aliphatic carbocycles. The first-order valence-corrected chi connectivity index (χ1v) is 5.29. The zero-order valence-electron chi connectivity index (χ0n) is 10.3. The van der Waals surface area contributed by atoms with Crippen LogP contribution in [-0.2, 0) is 11.3 Å². The maximum Gasteiger partial charge on any atom is 0.341 e. The molecule has 1 rings (SSSR count). The summed E-state index contributed by atoms with van der Waals surface area (Å²) in [5, 5.41) is 3.27. The van der Waals surface area contributed by atoms with Crippen molar-refractivity contribution in [3.8, 4) is 0 Å². The number of carbonyl (C=O) groups is 1. The summed E-state index contributed by atoms with van der Waals surface area (Å²) < 4.78 is 9.83. The van der Waals surface area contributed by atoms with Crippen molar-refractivity contribution < 1.29 is 13.9 Å². The molecule has 4 heteroatoms. The number of nitrogens with one attached hydrogen (secondary N) is 1. The molecule has 90 valence electrons. The van der Waals surface area contributed by atoms with E-state index in [0.717, 1.165) is 12.3 Å². The van der Waals surface area contributed by atoms with E-state index >= 15 is 0 Å². The Balaban J connectivity index is 2.44. The number of esters is 1. The molecule has 0 aliphatic rings. The van der Waals surface area contributed by atoms with Crippen molar-refractivity contribution in [1.29, 1.82) is 0 Å². The van der Waals surface area contributed by atoms with E-state index in [1.54, 1.807) is 6.07 Å². The molecule has 4 nitrogen and oxygen atoms in total. The number of ether oxygens (including phenoxy) is 1. The van der Waals surface area contributed by atoms with Gasteiger partial charge in [-0.1, -0.05) is 20.8 Å². The lowest BCUT2D eigenvalue weighted by Crippen LogP contribution is -2.26. The Labute approximate surface area is 96.0 Å². The SMILES string of the molecule is COC(=O)c1coc(CNCC(C)(C)C)c1. The van der Waals surface area contributed by atoms with Gasteiger partial charge in [0.2, 0.25) is 0 Å². The van der Waals surface area contributed by atoms with E-state index in [4.69, 9.17) is 4.42 Å². The highest BCUT2D eigenvalue weighted by Gasteiger charge is 2.12. The summed E-state index contributed by atoms with van der Waals surface area (Å²) in [6, 6.07) is 1.70. The molecule has 1 aromatic heterocycles. The molecule has 0 bridgehead atoms. The number of rotatable bonds is 4. The summed E-state index contributed by atoms with van der Waals surface area (Å²) in [7, 11) is 1.35. The smallest absolute Gasteiger partial charge is 0.341 e. The summed E-state index contributed by atoms with van der Waals surface area (Å²) in [4.78, 5) is 11.2. The number of furan rings is 1. The Morgan fingerprint density at radius 1 is 1.50 bits per heavy atom. The van der Waals surface area contributed by atoms with Crippen LogP contribution in [0.1, 0.15) is 36.9 Å². The van der Waals surface area contributed by atoms with E-state index in [-0.39, 0.29) is 11.4 Å². The van der Waals surface area contributed by atoms with Crippen LogP contribution in [-0.4, -0.2) is 19.6 Å². The van der Waals surface area contributed by atoms with Crippen molar-refractivity contribution in [2.24, 2.45) is 5.41 Å².